The predicted molar refractivity (Wildman–Crippen MR) is 48.5 cm³/mol. The molecule has 0 atom stereocenters. The number of halogens is 2. The average molecular weight is 212 g/mol. The van der Waals surface area contributed by atoms with E-state index in [-0.39, 0.29) is 17.6 Å². The molecule has 0 aliphatic carbocycles. The Morgan fingerprint density at radius 2 is 2.13 bits per heavy atom. The van der Waals surface area contributed by atoms with Crippen LogP contribution in [-0.4, -0.2) is 15.8 Å². The number of imidazole rings is 1. The highest BCUT2D eigenvalue weighted by Gasteiger charge is 2.14. The minimum Gasteiger partial charge on any atom is -0.305 e. The number of H-pyrrole nitrogens is 1. The van der Waals surface area contributed by atoms with Gasteiger partial charge in [-0.3, -0.25) is 4.57 Å². The van der Waals surface area contributed by atoms with Gasteiger partial charge in [-0.25, -0.2) is 13.6 Å². The maximum absolute atomic E-state index is 13.3. The number of nitrogens with one attached hydrogen (secondary N) is 1. The zero-order chi connectivity index (χ0) is 11.0. The Morgan fingerprint density at radius 3 is 2.80 bits per heavy atom. The Kier molecular flexibility index (Phi) is 2.11. The summed E-state index contributed by atoms with van der Waals surface area (Å²) in [5.74, 6) is -2.19. The van der Waals surface area contributed by atoms with E-state index in [9.17, 15) is 18.4 Å². The Balaban J connectivity index is 2.89. The molecule has 1 N–H and O–H groups in total. The Bertz CT molecular complexity index is 586. The number of aromatic nitrogens is 2. The summed E-state index contributed by atoms with van der Waals surface area (Å²) in [5, 5.41) is 0. The summed E-state index contributed by atoms with van der Waals surface area (Å²) in [4.78, 5) is 23.8. The van der Waals surface area contributed by atoms with Crippen LogP contribution in [0.2, 0.25) is 0 Å². The summed E-state index contributed by atoms with van der Waals surface area (Å²) in [6, 6.07) is 2.16. The molecule has 15 heavy (non-hydrogen) atoms. The first-order valence-electron chi connectivity index (χ1n) is 4.15. The van der Waals surface area contributed by atoms with E-state index in [1.807, 2.05) is 0 Å². The van der Waals surface area contributed by atoms with Gasteiger partial charge in [0.25, 0.3) is 0 Å². The van der Waals surface area contributed by atoms with Gasteiger partial charge < -0.3 is 9.78 Å². The van der Waals surface area contributed by atoms with Crippen LogP contribution < -0.4 is 5.69 Å². The van der Waals surface area contributed by atoms with E-state index in [1.54, 1.807) is 0 Å². The Labute approximate surface area is 82.1 Å². The molecule has 0 saturated carbocycles. The number of fused-ring (bicyclic) bond motifs is 1. The molecule has 0 radical (unpaired) electrons. The van der Waals surface area contributed by atoms with Gasteiger partial charge in [0.1, 0.15) is 11.8 Å². The Hall–Kier alpha value is -1.98. The zero-order valence-corrected chi connectivity index (χ0v) is 7.46. The van der Waals surface area contributed by atoms with Crippen LogP contribution in [0.25, 0.3) is 11.0 Å². The van der Waals surface area contributed by atoms with Crippen LogP contribution >= 0.6 is 0 Å². The van der Waals surface area contributed by atoms with Crippen molar-refractivity contribution in [1.82, 2.24) is 9.55 Å². The molecule has 78 valence electrons. The summed E-state index contributed by atoms with van der Waals surface area (Å²) in [7, 11) is 0. The summed E-state index contributed by atoms with van der Waals surface area (Å²) in [6.07, 6.45) is 0.443. The number of rotatable bonds is 2. The Morgan fingerprint density at radius 1 is 1.40 bits per heavy atom. The maximum atomic E-state index is 13.3. The summed E-state index contributed by atoms with van der Waals surface area (Å²) >= 11 is 0. The summed E-state index contributed by atoms with van der Waals surface area (Å²) < 4.78 is 27.1. The van der Waals surface area contributed by atoms with Crippen molar-refractivity contribution >= 4 is 17.3 Å². The standard InChI is InChI=1S/C9H6F2N2O2/c10-5-1-2-6-8(7(5)11)13(3-4-14)9(15)12-6/h1-2,4H,3H2,(H,12,15). The van der Waals surface area contributed by atoms with E-state index in [0.717, 1.165) is 10.6 Å². The number of aldehydes is 1. The number of carbonyl (C=O) groups is 1. The predicted octanol–water partition coefficient (Wildman–Crippen LogP) is 0.807. The van der Waals surface area contributed by atoms with Crippen LogP contribution in [0, 0.1) is 11.6 Å². The summed E-state index contributed by atoms with van der Waals surface area (Å²) in [5.41, 5.74) is -0.686. The van der Waals surface area contributed by atoms with E-state index in [1.165, 1.54) is 6.07 Å². The maximum Gasteiger partial charge on any atom is 0.326 e. The molecule has 1 aromatic heterocycles. The lowest BCUT2D eigenvalue weighted by atomic mass is 10.3. The summed E-state index contributed by atoms with van der Waals surface area (Å²) in [6.45, 7) is -0.306. The fraction of sp³-hybridized carbons (Fsp3) is 0.111. The topological polar surface area (TPSA) is 54.9 Å². The first kappa shape index (κ1) is 9.57. The number of hydrogen-bond acceptors (Lipinski definition) is 2. The third kappa shape index (κ3) is 1.34. The molecule has 0 spiro atoms. The quantitative estimate of drug-likeness (QED) is 0.749. The van der Waals surface area contributed by atoms with Gasteiger partial charge in [-0.15, -0.1) is 0 Å². The largest absolute Gasteiger partial charge is 0.326 e. The molecule has 4 nitrogen and oxygen atoms in total. The molecule has 1 aromatic carbocycles. The normalized spacial score (nSPS) is 10.8. The lowest BCUT2D eigenvalue weighted by Crippen LogP contribution is -2.17. The van der Waals surface area contributed by atoms with Crippen LogP contribution in [0.3, 0.4) is 0 Å². The van der Waals surface area contributed by atoms with Crippen molar-refractivity contribution in [1.29, 1.82) is 0 Å². The molecular formula is C9H6F2N2O2. The van der Waals surface area contributed by atoms with Gasteiger partial charge in [-0.05, 0) is 12.1 Å². The first-order chi connectivity index (χ1) is 7.15. The first-order valence-corrected chi connectivity index (χ1v) is 4.15. The van der Waals surface area contributed by atoms with Gasteiger partial charge in [-0.2, -0.15) is 0 Å². The number of nitrogens with zero attached hydrogens (tertiary/aromatic N) is 1. The van der Waals surface area contributed by atoms with Crippen molar-refractivity contribution in [3.63, 3.8) is 0 Å². The van der Waals surface area contributed by atoms with Crippen LogP contribution in [0.1, 0.15) is 0 Å². The second kappa shape index (κ2) is 3.30. The molecule has 6 heteroatoms. The van der Waals surface area contributed by atoms with Crippen LogP contribution in [0.15, 0.2) is 16.9 Å². The fourth-order valence-electron chi connectivity index (χ4n) is 1.44. The highest BCUT2D eigenvalue weighted by atomic mass is 19.2. The molecule has 0 unspecified atom stereocenters. The lowest BCUT2D eigenvalue weighted by molar-refractivity contribution is -0.108. The van der Waals surface area contributed by atoms with Gasteiger partial charge in [-0.1, -0.05) is 0 Å². The second-order valence-corrected chi connectivity index (χ2v) is 2.96. The van der Waals surface area contributed by atoms with Crippen molar-refractivity contribution in [3.8, 4) is 0 Å². The monoisotopic (exact) mass is 212 g/mol. The van der Waals surface area contributed by atoms with Crippen molar-refractivity contribution < 1.29 is 13.6 Å². The van der Waals surface area contributed by atoms with E-state index >= 15 is 0 Å². The van der Waals surface area contributed by atoms with E-state index in [0.29, 0.717) is 6.29 Å². The SMILES string of the molecule is O=CCn1c(=O)[nH]c2ccc(F)c(F)c21. The molecule has 0 bridgehead atoms. The van der Waals surface area contributed by atoms with Crippen LogP contribution in [0.4, 0.5) is 8.78 Å². The highest BCUT2D eigenvalue weighted by molar-refractivity contribution is 5.76. The molecule has 0 aliphatic rings. The zero-order valence-electron chi connectivity index (χ0n) is 7.46. The third-order valence-electron chi connectivity index (χ3n) is 2.08. The van der Waals surface area contributed by atoms with Crippen molar-refractivity contribution in [2.45, 2.75) is 6.54 Å². The van der Waals surface area contributed by atoms with Gasteiger partial charge in [0.15, 0.2) is 11.6 Å². The lowest BCUT2D eigenvalue weighted by Gasteiger charge is -1.98. The minimum atomic E-state index is -1.13. The van der Waals surface area contributed by atoms with Crippen molar-refractivity contribution in [2.75, 3.05) is 0 Å². The molecule has 1 heterocycles. The van der Waals surface area contributed by atoms with Crippen molar-refractivity contribution in [2.24, 2.45) is 0 Å². The number of aromatic amines is 1. The smallest absolute Gasteiger partial charge is 0.305 e. The van der Waals surface area contributed by atoms with E-state index < -0.39 is 17.3 Å². The number of carbonyl (C=O) groups excluding carboxylic acids is 1. The number of benzene rings is 1. The molecule has 0 saturated heterocycles. The molecular weight excluding hydrogens is 206 g/mol. The van der Waals surface area contributed by atoms with Gasteiger partial charge in [0.2, 0.25) is 0 Å². The van der Waals surface area contributed by atoms with Crippen molar-refractivity contribution in [3.05, 3.63) is 34.3 Å². The molecule has 0 amide bonds. The van der Waals surface area contributed by atoms with Gasteiger partial charge in [0, 0.05) is 0 Å². The highest BCUT2D eigenvalue weighted by Crippen LogP contribution is 2.17. The fourth-order valence-corrected chi connectivity index (χ4v) is 1.44. The van der Waals surface area contributed by atoms with Gasteiger partial charge in [0.05, 0.1) is 12.1 Å². The molecule has 2 aromatic rings. The van der Waals surface area contributed by atoms with E-state index in [2.05, 4.69) is 4.98 Å². The average Bonchev–Trinajstić information content (AvgIpc) is 2.51. The van der Waals surface area contributed by atoms with Crippen LogP contribution in [0.5, 0.6) is 0 Å². The molecule has 2 rings (SSSR count). The third-order valence-corrected chi connectivity index (χ3v) is 2.08. The van der Waals surface area contributed by atoms with Crippen LogP contribution in [-0.2, 0) is 11.3 Å². The molecule has 0 aliphatic heterocycles. The second-order valence-electron chi connectivity index (χ2n) is 2.96. The van der Waals surface area contributed by atoms with Gasteiger partial charge >= 0.3 is 5.69 Å². The number of hydrogen-bond donors (Lipinski definition) is 1. The van der Waals surface area contributed by atoms with E-state index in [4.69, 9.17) is 0 Å². The minimum absolute atomic E-state index is 0.167. The molecule has 0 fully saturated rings.